The van der Waals surface area contributed by atoms with Gasteiger partial charge < -0.3 is 4.74 Å². The van der Waals surface area contributed by atoms with Gasteiger partial charge in [0.2, 0.25) is 0 Å². The Morgan fingerprint density at radius 2 is 1.74 bits per heavy atom. The monoisotopic (exact) mass is 408 g/mol. The molecule has 0 atom stereocenters. The molecule has 1 rings (SSSR count). The van der Waals surface area contributed by atoms with Crippen molar-refractivity contribution < 1.29 is 40.3 Å². The maximum atomic E-state index is 13.0. The van der Waals surface area contributed by atoms with E-state index >= 15 is 0 Å². The lowest BCUT2D eigenvalue weighted by Gasteiger charge is -2.27. The molecular weight excluding hydrogens is 401 g/mol. The molecule has 10 heteroatoms. The Kier molecular flexibility index (Phi) is 5.50. The van der Waals surface area contributed by atoms with Gasteiger partial charge in [0.15, 0.2) is 6.61 Å². The standard InChI is InChI=1S/C13H8BrF7O2/c1-2-7-5-8(3-4-9(7)14)10(22)23-6-11(15,16)12(17,18)13(19,20)21/h2-5H,1,6H2. The molecule has 0 spiro atoms. The number of ether oxygens (including phenoxy) is 1. The summed E-state index contributed by atoms with van der Waals surface area (Å²) in [4.78, 5) is 11.5. The van der Waals surface area contributed by atoms with Crippen molar-refractivity contribution in [3.8, 4) is 0 Å². The largest absolute Gasteiger partial charge is 0.460 e. The van der Waals surface area contributed by atoms with E-state index in [1.54, 1.807) is 0 Å². The lowest BCUT2D eigenvalue weighted by molar-refractivity contribution is -0.359. The summed E-state index contributed by atoms with van der Waals surface area (Å²) in [6.07, 6.45) is -5.18. The molecule has 0 amide bonds. The van der Waals surface area contributed by atoms with Crippen molar-refractivity contribution in [2.75, 3.05) is 6.61 Å². The van der Waals surface area contributed by atoms with Gasteiger partial charge in [-0.15, -0.1) is 0 Å². The van der Waals surface area contributed by atoms with Gasteiger partial charge in [0, 0.05) is 4.47 Å². The minimum absolute atomic E-state index is 0.311. The van der Waals surface area contributed by atoms with E-state index < -0.39 is 30.6 Å². The number of hydrogen-bond donors (Lipinski definition) is 0. The summed E-state index contributed by atoms with van der Waals surface area (Å²) in [7, 11) is 0. The first-order chi connectivity index (χ1) is 10.3. The Labute approximate surface area is 134 Å². The number of rotatable bonds is 5. The predicted molar refractivity (Wildman–Crippen MR) is 70.5 cm³/mol. The number of carbonyl (C=O) groups excluding carboxylic acids is 1. The second-order valence-corrected chi connectivity index (χ2v) is 5.15. The van der Waals surface area contributed by atoms with Crippen molar-refractivity contribution >= 4 is 28.0 Å². The van der Waals surface area contributed by atoms with Crippen LogP contribution in [0.4, 0.5) is 30.7 Å². The molecule has 0 heterocycles. The maximum Gasteiger partial charge on any atom is 0.460 e. The molecule has 0 aliphatic heterocycles. The van der Waals surface area contributed by atoms with Gasteiger partial charge in [-0.1, -0.05) is 28.6 Å². The molecule has 0 fully saturated rings. The van der Waals surface area contributed by atoms with Crippen molar-refractivity contribution in [1.82, 2.24) is 0 Å². The van der Waals surface area contributed by atoms with Crippen molar-refractivity contribution in [3.63, 3.8) is 0 Å². The van der Waals surface area contributed by atoms with Crippen LogP contribution in [0, 0.1) is 0 Å². The molecule has 0 saturated carbocycles. The van der Waals surface area contributed by atoms with Crippen LogP contribution in [0.15, 0.2) is 29.3 Å². The fourth-order valence-electron chi connectivity index (χ4n) is 1.36. The van der Waals surface area contributed by atoms with Gasteiger partial charge in [-0.3, -0.25) is 0 Å². The second kappa shape index (κ2) is 6.50. The molecule has 23 heavy (non-hydrogen) atoms. The second-order valence-electron chi connectivity index (χ2n) is 4.29. The van der Waals surface area contributed by atoms with Gasteiger partial charge in [0.25, 0.3) is 0 Å². The van der Waals surface area contributed by atoms with Gasteiger partial charge in [-0.2, -0.15) is 30.7 Å². The number of alkyl halides is 7. The van der Waals surface area contributed by atoms with Crippen LogP contribution < -0.4 is 0 Å². The molecule has 0 aliphatic carbocycles. The van der Waals surface area contributed by atoms with E-state index in [0.29, 0.717) is 10.0 Å². The minimum atomic E-state index is -6.48. The first-order valence-corrected chi connectivity index (χ1v) is 6.54. The van der Waals surface area contributed by atoms with Gasteiger partial charge in [-0.25, -0.2) is 4.79 Å². The average molecular weight is 409 g/mol. The van der Waals surface area contributed by atoms with E-state index in [4.69, 9.17) is 0 Å². The molecule has 0 saturated heterocycles. The van der Waals surface area contributed by atoms with Crippen LogP contribution in [0.25, 0.3) is 6.08 Å². The Morgan fingerprint density at radius 3 is 2.22 bits per heavy atom. The molecular formula is C13H8BrF7O2. The number of esters is 1. The zero-order valence-electron chi connectivity index (χ0n) is 11.1. The van der Waals surface area contributed by atoms with Gasteiger partial charge in [0.1, 0.15) is 0 Å². The van der Waals surface area contributed by atoms with Gasteiger partial charge in [-0.05, 0) is 23.8 Å². The quantitative estimate of drug-likeness (QED) is 0.501. The lowest BCUT2D eigenvalue weighted by atomic mass is 10.1. The van der Waals surface area contributed by atoms with Gasteiger partial charge >= 0.3 is 24.0 Å². The van der Waals surface area contributed by atoms with Crippen LogP contribution in [0.1, 0.15) is 15.9 Å². The summed E-state index contributed by atoms with van der Waals surface area (Å²) in [6, 6.07) is 3.58. The third kappa shape index (κ3) is 4.04. The van der Waals surface area contributed by atoms with Crippen LogP contribution in [0.3, 0.4) is 0 Å². The molecule has 1 aromatic rings. The molecule has 2 nitrogen and oxygen atoms in total. The Balaban J connectivity index is 2.89. The molecule has 0 N–H and O–H groups in total. The summed E-state index contributed by atoms with van der Waals surface area (Å²) in [5.74, 6) is -13.4. The Hall–Kier alpha value is -1.58. The maximum absolute atomic E-state index is 13.0. The summed E-state index contributed by atoms with van der Waals surface area (Å²) in [5, 5.41) is 0. The van der Waals surface area contributed by atoms with Crippen molar-refractivity contribution in [3.05, 3.63) is 40.4 Å². The van der Waals surface area contributed by atoms with E-state index in [-0.39, 0.29) is 5.56 Å². The van der Waals surface area contributed by atoms with Crippen molar-refractivity contribution in [2.24, 2.45) is 0 Å². The van der Waals surface area contributed by atoms with Crippen LogP contribution >= 0.6 is 15.9 Å². The predicted octanol–water partition coefficient (Wildman–Crippen LogP) is 5.08. The number of hydrogen-bond acceptors (Lipinski definition) is 2. The first-order valence-electron chi connectivity index (χ1n) is 5.75. The summed E-state index contributed by atoms with van der Waals surface area (Å²) >= 11 is 3.09. The molecule has 0 unspecified atom stereocenters. The number of halogens is 8. The zero-order chi connectivity index (χ0) is 18.1. The first kappa shape index (κ1) is 19.5. The van der Waals surface area contributed by atoms with Crippen molar-refractivity contribution in [1.29, 1.82) is 0 Å². The summed E-state index contributed by atoms with van der Waals surface area (Å²) < 4.78 is 91.5. The van der Waals surface area contributed by atoms with Crippen LogP contribution in [-0.4, -0.2) is 30.6 Å². The molecule has 0 aromatic heterocycles. The highest BCUT2D eigenvalue weighted by molar-refractivity contribution is 9.10. The van der Waals surface area contributed by atoms with Crippen molar-refractivity contribution in [2.45, 2.75) is 18.0 Å². The third-order valence-electron chi connectivity index (χ3n) is 2.65. The molecule has 0 aliphatic rings. The highest BCUT2D eigenvalue weighted by atomic mass is 79.9. The zero-order valence-corrected chi connectivity index (χ0v) is 12.6. The topological polar surface area (TPSA) is 26.3 Å². The SMILES string of the molecule is C=Cc1cc(C(=O)OCC(F)(F)C(F)(F)C(F)(F)F)ccc1Br. The highest BCUT2D eigenvalue weighted by Gasteiger charge is 2.73. The Bertz CT molecular complexity index is 611. The van der Waals surface area contributed by atoms with Crippen LogP contribution in [0.2, 0.25) is 0 Å². The number of benzene rings is 1. The smallest absolute Gasteiger partial charge is 0.455 e. The van der Waals surface area contributed by atoms with Crippen LogP contribution in [0.5, 0.6) is 0 Å². The van der Waals surface area contributed by atoms with Crippen LogP contribution in [-0.2, 0) is 4.74 Å². The number of carbonyl (C=O) groups is 1. The Morgan fingerprint density at radius 1 is 1.17 bits per heavy atom. The normalized spacial score (nSPS) is 12.9. The fourth-order valence-corrected chi connectivity index (χ4v) is 1.77. The van der Waals surface area contributed by atoms with E-state index in [9.17, 15) is 35.5 Å². The van der Waals surface area contributed by atoms with Gasteiger partial charge in [0.05, 0.1) is 5.56 Å². The fraction of sp³-hybridized carbons (Fsp3) is 0.308. The molecule has 0 radical (unpaired) electrons. The van der Waals surface area contributed by atoms with E-state index in [1.165, 1.54) is 12.1 Å². The molecule has 0 bridgehead atoms. The summed E-state index contributed by atoms with van der Waals surface area (Å²) in [5.41, 5.74) is 0.0565. The van der Waals surface area contributed by atoms with E-state index in [2.05, 4.69) is 27.2 Å². The molecule has 128 valence electrons. The lowest BCUT2D eigenvalue weighted by Crippen LogP contribution is -2.54. The van der Waals surface area contributed by atoms with E-state index in [1.807, 2.05) is 0 Å². The highest BCUT2D eigenvalue weighted by Crippen LogP contribution is 2.46. The minimum Gasteiger partial charge on any atom is -0.455 e. The summed E-state index contributed by atoms with van der Waals surface area (Å²) in [6.45, 7) is 0.992. The molecule has 1 aromatic carbocycles. The third-order valence-corrected chi connectivity index (χ3v) is 3.37. The average Bonchev–Trinajstić information content (AvgIpc) is 2.44. The van der Waals surface area contributed by atoms with E-state index in [0.717, 1.165) is 12.1 Å².